The molecule has 7 heteroatoms. The summed E-state index contributed by atoms with van der Waals surface area (Å²) in [5.41, 5.74) is 6.25. The summed E-state index contributed by atoms with van der Waals surface area (Å²) in [6, 6.07) is 9.10. The molecule has 19 heavy (non-hydrogen) atoms. The quantitative estimate of drug-likeness (QED) is 0.818. The Balaban J connectivity index is 2.32. The summed E-state index contributed by atoms with van der Waals surface area (Å²) in [5.74, 6) is -0.912. The van der Waals surface area contributed by atoms with Gasteiger partial charge in [-0.15, -0.1) is 4.91 Å². The summed E-state index contributed by atoms with van der Waals surface area (Å²) in [4.78, 5) is 35.1. The van der Waals surface area contributed by atoms with Gasteiger partial charge in [0.2, 0.25) is 0 Å². The van der Waals surface area contributed by atoms with Crippen LogP contribution in [0.2, 0.25) is 0 Å². The van der Waals surface area contributed by atoms with Crippen molar-refractivity contribution in [1.29, 1.82) is 0 Å². The number of carbonyl (C=O) groups is 2. The summed E-state index contributed by atoms with van der Waals surface area (Å²) >= 11 is 0. The fraction of sp³-hybridized carbons (Fsp3) is 0.167. The second-order valence-corrected chi connectivity index (χ2v) is 3.93. The van der Waals surface area contributed by atoms with Crippen molar-refractivity contribution in [2.24, 2.45) is 10.9 Å². The third kappa shape index (κ3) is 2.95. The van der Waals surface area contributed by atoms with E-state index in [-0.39, 0.29) is 6.42 Å². The lowest BCUT2D eigenvalue weighted by Crippen LogP contribution is -2.19. The molecule has 1 aromatic carbocycles. The number of amides is 2. The van der Waals surface area contributed by atoms with Gasteiger partial charge in [-0.1, -0.05) is 18.2 Å². The van der Waals surface area contributed by atoms with Crippen LogP contribution in [0.15, 0.2) is 35.5 Å². The molecule has 0 radical (unpaired) electrons. The minimum Gasteiger partial charge on any atom is -0.439 e. The average molecular weight is 261 g/mol. The molecule has 2 amide bonds. The Morgan fingerprint density at radius 1 is 1.37 bits per heavy atom. The van der Waals surface area contributed by atoms with E-state index in [1.165, 1.54) is 0 Å². The van der Waals surface area contributed by atoms with Crippen LogP contribution in [-0.4, -0.2) is 17.0 Å². The normalized spacial score (nSPS) is 12.0. The van der Waals surface area contributed by atoms with Crippen molar-refractivity contribution >= 4 is 22.9 Å². The van der Waals surface area contributed by atoms with Gasteiger partial charge in [-0.05, 0) is 17.5 Å². The van der Waals surface area contributed by atoms with Crippen molar-refractivity contribution in [2.45, 2.75) is 12.5 Å². The largest absolute Gasteiger partial charge is 0.439 e. The van der Waals surface area contributed by atoms with E-state index in [1.54, 1.807) is 6.07 Å². The molecule has 2 rings (SSSR count). The molecule has 0 aliphatic carbocycles. The smallest absolute Gasteiger partial charge is 0.405 e. The molecule has 1 atom stereocenters. The monoisotopic (exact) mass is 261 g/mol. The first-order valence-corrected chi connectivity index (χ1v) is 5.50. The predicted molar refractivity (Wildman–Crippen MR) is 67.1 cm³/mol. The predicted octanol–water partition coefficient (Wildman–Crippen LogP) is 1.99. The van der Waals surface area contributed by atoms with E-state index in [0.29, 0.717) is 5.69 Å². The van der Waals surface area contributed by atoms with Crippen LogP contribution in [0, 0.1) is 4.91 Å². The molecule has 0 fully saturated rings. The number of hydrogen-bond acceptors (Lipinski definition) is 4. The second kappa shape index (κ2) is 5.30. The lowest BCUT2D eigenvalue weighted by Gasteiger charge is -2.12. The van der Waals surface area contributed by atoms with E-state index in [0.717, 1.165) is 10.9 Å². The standard InChI is InChI=1S/C12H11N3O4/c13-12(17)19-10(6-11(16)15-18)9-5-7-3-1-2-4-8(7)14-9/h1-5,10,14H,6H2,(H2,13,17). The number of nitrogens with two attached hydrogens (primary N) is 1. The molecule has 0 aliphatic rings. The van der Waals surface area contributed by atoms with Crippen molar-refractivity contribution < 1.29 is 14.3 Å². The van der Waals surface area contributed by atoms with Gasteiger partial charge in [0, 0.05) is 10.7 Å². The van der Waals surface area contributed by atoms with Crippen molar-refractivity contribution in [3.63, 3.8) is 0 Å². The third-order valence-electron chi connectivity index (χ3n) is 2.62. The molecule has 98 valence electrons. The summed E-state index contributed by atoms with van der Waals surface area (Å²) in [5, 5.41) is 3.17. The minimum atomic E-state index is -1.03. The number of hydrogen-bond donors (Lipinski definition) is 2. The Bertz CT molecular complexity index is 602. The van der Waals surface area contributed by atoms with E-state index < -0.39 is 18.1 Å². The zero-order chi connectivity index (χ0) is 13.8. The van der Waals surface area contributed by atoms with Gasteiger partial charge >= 0.3 is 6.09 Å². The first-order chi connectivity index (χ1) is 9.10. The van der Waals surface area contributed by atoms with E-state index in [2.05, 4.69) is 10.2 Å². The van der Waals surface area contributed by atoms with Gasteiger partial charge < -0.3 is 15.5 Å². The molecule has 0 saturated carbocycles. The topological polar surface area (TPSA) is 115 Å². The molecule has 7 nitrogen and oxygen atoms in total. The van der Waals surface area contributed by atoms with Gasteiger partial charge in [0.25, 0.3) is 5.91 Å². The Kier molecular flexibility index (Phi) is 3.56. The zero-order valence-electron chi connectivity index (χ0n) is 9.83. The van der Waals surface area contributed by atoms with Crippen LogP contribution in [-0.2, 0) is 9.53 Å². The van der Waals surface area contributed by atoms with Crippen molar-refractivity contribution in [2.75, 3.05) is 0 Å². The summed E-state index contributed by atoms with van der Waals surface area (Å²) < 4.78 is 4.83. The SMILES string of the molecule is NC(=O)OC(CC(=O)N=O)c1cc2ccccc2[nH]1. The molecule has 2 aromatic rings. The van der Waals surface area contributed by atoms with E-state index >= 15 is 0 Å². The number of nitrogens with zero attached hydrogens (tertiary/aromatic N) is 1. The number of para-hydroxylation sites is 1. The van der Waals surface area contributed by atoms with Crippen molar-refractivity contribution in [3.8, 4) is 0 Å². The maximum atomic E-state index is 11.1. The summed E-state index contributed by atoms with van der Waals surface area (Å²) in [6.07, 6.45) is -2.32. The number of aromatic nitrogens is 1. The highest BCUT2D eigenvalue weighted by Gasteiger charge is 2.21. The molecule has 0 aliphatic heterocycles. The zero-order valence-corrected chi connectivity index (χ0v) is 9.83. The Morgan fingerprint density at radius 2 is 2.11 bits per heavy atom. The fourth-order valence-electron chi connectivity index (χ4n) is 1.82. The number of nitroso groups, excluding NO2 is 1. The number of ether oxygens (including phenoxy) is 1. The van der Waals surface area contributed by atoms with Gasteiger partial charge in [-0.25, -0.2) is 4.79 Å². The Hall–Kier alpha value is -2.70. The van der Waals surface area contributed by atoms with Crippen LogP contribution in [0.5, 0.6) is 0 Å². The van der Waals surface area contributed by atoms with E-state index in [1.807, 2.05) is 24.3 Å². The van der Waals surface area contributed by atoms with E-state index in [4.69, 9.17) is 10.5 Å². The Morgan fingerprint density at radius 3 is 2.74 bits per heavy atom. The van der Waals surface area contributed by atoms with E-state index in [9.17, 15) is 14.5 Å². The summed E-state index contributed by atoms with van der Waals surface area (Å²) in [6.45, 7) is 0. The van der Waals surface area contributed by atoms with Gasteiger partial charge in [0.15, 0.2) is 6.10 Å². The van der Waals surface area contributed by atoms with Crippen LogP contribution in [0.1, 0.15) is 18.2 Å². The molecule has 3 N–H and O–H groups in total. The number of fused-ring (bicyclic) bond motifs is 1. The molecule has 1 heterocycles. The lowest BCUT2D eigenvalue weighted by atomic mass is 10.1. The molecule has 0 spiro atoms. The molecular formula is C12H11N3O4. The van der Waals surface area contributed by atoms with Gasteiger partial charge in [-0.2, -0.15) is 0 Å². The van der Waals surface area contributed by atoms with Crippen LogP contribution in [0.3, 0.4) is 0 Å². The highest BCUT2D eigenvalue weighted by Crippen LogP contribution is 2.25. The molecule has 1 unspecified atom stereocenters. The fourth-order valence-corrected chi connectivity index (χ4v) is 1.82. The van der Waals surface area contributed by atoms with Gasteiger partial charge in [0.1, 0.15) is 0 Å². The van der Waals surface area contributed by atoms with Gasteiger partial charge in [-0.3, -0.25) is 4.79 Å². The Labute approximate surface area is 107 Å². The first-order valence-electron chi connectivity index (χ1n) is 5.50. The number of rotatable bonds is 4. The molecule has 0 bridgehead atoms. The highest BCUT2D eigenvalue weighted by atomic mass is 16.6. The minimum absolute atomic E-state index is 0.348. The molecule has 1 aromatic heterocycles. The van der Waals surface area contributed by atoms with Crippen molar-refractivity contribution in [1.82, 2.24) is 4.98 Å². The number of primary amides is 1. The van der Waals surface area contributed by atoms with Crippen molar-refractivity contribution in [3.05, 3.63) is 40.9 Å². The second-order valence-electron chi connectivity index (χ2n) is 3.93. The number of carbonyl (C=O) groups excluding carboxylic acids is 2. The average Bonchev–Trinajstić information content (AvgIpc) is 2.80. The number of benzene rings is 1. The number of aromatic amines is 1. The lowest BCUT2D eigenvalue weighted by molar-refractivity contribution is -0.119. The molecule has 0 saturated heterocycles. The van der Waals surface area contributed by atoms with Crippen LogP contribution >= 0.6 is 0 Å². The van der Waals surface area contributed by atoms with Gasteiger partial charge in [0.05, 0.1) is 12.1 Å². The summed E-state index contributed by atoms with van der Waals surface area (Å²) in [7, 11) is 0. The van der Waals surface area contributed by atoms with Crippen LogP contribution in [0.4, 0.5) is 4.79 Å². The van der Waals surface area contributed by atoms with Crippen LogP contribution < -0.4 is 5.73 Å². The number of H-pyrrole nitrogens is 1. The maximum Gasteiger partial charge on any atom is 0.405 e. The van der Waals surface area contributed by atoms with Crippen LogP contribution in [0.25, 0.3) is 10.9 Å². The highest BCUT2D eigenvalue weighted by molar-refractivity contribution is 5.81. The molecular weight excluding hydrogens is 250 g/mol. The maximum absolute atomic E-state index is 11.1. The third-order valence-corrected chi connectivity index (χ3v) is 2.62. The first kappa shape index (κ1) is 12.7. The number of nitrogens with one attached hydrogen (secondary N) is 1.